The predicted octanol–water partition coefficient (Wildman–Crippen LogP) is 2.59. The van der Waals surface area contributed by atoms with Gasteiger partial charge in [-0.3, -0.25) is 4.79 Å². The first-order valence-electron chi connectivity index (χ1n) is 8.77. The minimum absolute atomic E-state index is 0.129. The number of hydrogen-bond acceptors (Lipinski definition) is 6. The van der Waals surface area contributed by atoms with Gasteiger partial charge in [-0.25, -0.2) is 18.4 Å². The standard InChI is InChI=1S/C21H17F2NO6/c1-28-13-4-6-14-11(8-19(25)30-18(14)10-13)7-17(21(27)29-2)24-20(26)15-5-3-12(22)9-16(15)23/h3-6,8-10,17H,7H2,1-2H3,(H,24,26)/t17-/m1/s1. The average molecular weight is 417 g/mol. The van der Waals surface area contributed by atoms with Crippen LogP contribution >= 0.6 is 0 Å². The highest BCUT2D eigenvalue weighted by molar-refractivity contribution is 5.97. The second-order valence-corrected chi connectivity index (χ2v) is 6.33. The molecule has 3 rings (SSSR count). The van der Waals surface area contributed by atoms with Crippen LogP contribution in [0.25, 0.3) is 11.0 Å². The third-order valence-electron chi connectivity index (χ3n) is 4.43. The molecule has 0 radical (unpaired) electrons. The summed E-state index contributed by atoms with van der Waals surface area (Å²) in [4.78, 5) is 36.6. The molecule has 0 aliphatic rings. The Morgan fingerprint density at radius 1 is 1.10 bits per heavy atom. The Hall–Kier alpha value is -3.75. The van der Waals surface area contributed by atoms with Crippen molar-refractivity contribution in [2.75, 3.05) is 14.2 Å². The molecule has 30 heavy (non-hydrogen) atoms. The molecule has 0 aliphatic heterocycles. The zero-order valence-electron chi connectivity index (χ0n) is 16.0. The molecule has 9 heteroatoms. The maximum atomic E-state index is 13.9. The number of halogens is 2. The molecule has 156 valence electrons. The molecule has 0 aliphatic carbocycles. The van der Waals surface area contributed by atoms with Gasteiger partial charge in [0.05, 0.1) is 19.8 Å². The summed E-state index contributed by atoms with van der Waals surface area (Å²) in [5.74, 6) is -3.19. The Morgan fingerprint density at radius 3 is 2.53 bits per heavy atom. The van der Waals surface area contributed by atoms with Gasteiger partial charge < -0.3 is 19.2 Å². The van der Waals surface area contributed by atoms with Crippen molar-refractivity contribution in [2.45, 2.75) is 12.5 Å². The second kappa shape index (κ2) is 8.73. The van der Waals surface area contributed by atoms with Crippen LogP contribution in [0, 0.1) is 11.6 Å². The SMILES string of the molecule is COC(=O)[C@@H](Cc1cc(=O)oc2cc(OC)ccc12)NC(=O)c1ccc(F)cc1F. The van der Waals surface area contributed by atoms with Gasteiger partial charge in [-0.15, -0.1) is 0 Å². The van der Waals surface area contributed by atoms with Crippen LogP contribution in [0.5, 0.6) is 5.75 Å². The normalized spacial score (nSPS) is 11.7. The van der Waals surface area contributed by atoms with Crippen molar-refractivity contribution in [1.82, 2.24) is 5.32 Å². The largest absolute Gasteiger partial charge is 0.497 e. The van der Waals surface area contributed by atoms with E-state index in [-0.39, 0.29) is 12.0 Å². The Balaban J connectivity index is 1.95. The number of esters is 1. The van der Waals surface area contributed by atoms with Crippen molar-refractivity contribution in [2.24, 2.45) is 0 Å². The van der Waals surface area contributed by atoms with Gasteiger partial charge in [0.2, 0.25) is 0 Å². The first-order valence-corrected chi connectivity index (χ1v) is 8.77. The quantitative estimate of drug-likeness (QED) is 0.489. The van der Waals surface area contributed by atoms with Crippen LogP contribution in [0.1, 0.15) is 15.9 Å². The van der Waals surface area contributed by atoms with E-state index in [0.29, 0.717) is 22.8 Å². The van der Waals surface area contributed by atoms with E-state index in [9.17, 15) is 23.2 Å². The molecule has 1 heterocycles. The number of amides is 1. The van der Waals surface area contributed by atoms with Crippen molar-refractivity contribution in [3.63, 3.8) is 0 Å². The van der Waals surface area contributed by atoms with Crippen LogP contribution in [0.2, 0.25) is 0 Å². The summed E-state index contributed by atoms with van der Waals surface area (Å²) in [6.07, 6.45) is -0.129. The fourth-order valence-corrected chi connectivity index (χ4v) is 2.97. The first-order chi connectivity index (χ1) is 14.3. The molecule has 0 saturated heterocycles. The molecule has 7 nitrogen and oxygen atoms in total. The molecule has 1 amide bonds. The van der Waals surface area contributed by atoms with Crippen molar-refractivity contribution < 1.29 is 32.3 Å². The predicted molar refractivity (Wildman–Crippen MR) is 102 cm³/mol. The van der Waals surface area contributed by atoms with Crippen molar-refractivity contribution in [3.8, 4) is 5.75 Å². The van der Waals surface area contributed by atoms with Gasteiger partial charge in [0, 0.05) is 30.0 Å². The highest BCUT2D eigenvalue weighted by Gasteiger charge is 2.25. The number of carbonyl (C=O) groups is 2. The summed E-state index contributed by atoms with van der Waals surface area (Å²) >= 11 is 0. The van der Waals surface area contributed by atoms with E-state index in [1.807, 2.05) is 0 Å². The lowest BCUT2D eigenvalue weighted by molar-refractivity contribution is -0.142. The summed E-state index contributed by atoms with van der Waals surface area (Å²) in [6, 6.07) is 7.20. The van der Waals surface area contributed by atoms with Gasteiger partial charge in [0.15, 0.2) is 0 Å². The summed E-state index contributed by atoms with van der Waals surface area (Å²) in [7, 11) is 2.59. The maximum Gasteiger partial charge on any atom is 0.336 e. The number of carbonyl (C=O) groups excluding carboxylic acids is 2. The average Bonchev–Trinajstić information content (AvgIpc) is 2.71. The first kappa shape index (κ1) is 21.0. The van der Waals surface area contributed by atoms with Gasteiger partial charge in [0.1, 0.15) is 29.0 Å². The monoisotopic (exact) mass is 417 g/mol. The number of fused-ring (bicyclic) bond motifs is 1. The number of hydrogen-bond donors (Lipinski definition) is 1. The summed E-state index contributed by atoms with van der Waals surface area (Å²) in [5, 5.41) is 2.89. The van der Waals surface area contributed by atoms with E-state index >= 15 is 0 Å². The summed E-state index contributed by atoms with van der Waals surface area (Å²) in [5.41, 5.74) is -0.465. The fourth-order valence-electron chi connectivity index (χ4n) is 2.97. The molecular weight excluding hydrogens is 400 g/mol. The Morgan fingerprint density at radius 2 is 1.87 bits per heavy atom. The lowest BCUT2D eigenvalue weighted by Crippen LogP contribution is -2.43. The molecule has 3 aromatic rings. The highest BCUT2D eigenvalue weighted by Crippen LogP contribution is 2.23. The van der Waals surface area contributed by atoms with E-state index in [1.165, 1.54) is 19.2 Å². The molecule has 0 fully saturated rings. The third kappa shape index (κ3) is 4.45. The molecule has 0 saturated carbocycles. The number of methoxy groups -OCH3 is 2. The molecule has 1 N–H and O–H groups in total. The van der Waals surface area contributed by atoms with Crippen molar-refractivity contribution in [1.29, 1.82) is 0 Å². The smallest absolute Gasteiger partial charge is 0.336 e. The molecule has 1 aromatic heterocycles. The van der Waals surface area contributed by atoms with Crippen LogP contribution < -0.4 is 15.7 Å². The number of ether oxygens (including phenoxy) is 2. The van der Waals surface area contributed by atoms with Crippen molar-refractivity contribution in [3.05, 3.63) is 75.6 Å². The van der Waals surface area contributed by atoms with Gasteiger partial charge >= 0.3 is 11.6 Å². The number of rotatable bonds is 6. The molecule has 1 atom stereocenters. The zero-order chi connectivity index (χ0) is 21.8. The van der Waals surface area contributed by atoms with Crippen LogP contribution in [0.15, 0.2) is 51.7 Å². The van der Waals surface area contributed by atoms with E-state index in [2.05, 4.69) is 5.32 Å². The van der Waals surface area contributed by atoms with E-state index in [1.54, 1.807) is 12.1 Å². The minimum Gasteiger partial charge on any atom is -0.497 e. The zero-order valence-corrected chi connectivity index (χ0v) is 16.0. The number of benzene rings is 2. The van der Waals surface area contributed by atoms with Crippen LogP contribution in [0.4, 0.5) is 8.78 Å². The second-order valence-electron chi connectivity index (χ2n) is 6.33. The third-order valence-corrected chi connectivity index (χ3v) is 4.43. The topological polar surface area (TPSA) is 94.8 Å². The lowest BCUT2D eigenvalue weighted by atomic mass is 10.0. The van der Waals surface area contributed by atoms with Crippen LogP contribution in [-0.4, -0.2) is 32.1 Å². The number of nitrogens with one attached hydrogen (secondary N) is 1. The summed E-state index contributed by atoms with van der Waals surface area (Å²) in [6.45, 7) is 0. The molecule has 0 spiro atoms. The van der Waals surface area contributed by atoms with E-state index in [0.717, 1.165) is 19.2 Å². The van der Waals surface area contributed by atoms with Crippen LogP contribution in [0.3, 0.4) is 0 Å². The lowest BCUT2D eigenvalue weighted by Gasteiger charge is -2.17. The van der Waals surface area contributed by atoms with Gasteiger partial charge in [-0.2, -0.15) is 0 Å². The van der Waals surface area contributed by atoms with Gasteiger partial charge in [0.25, 0.3) is 5.91 Å². The van der Waals surface area contributed by atoms with E-state index in [4.69, 9.17) is 13.9 Å². The van der Waals surface area contributed by atoms with Crippen molar-refractivity contribution >= 4 is 22.8 Å². The molecule has 2 aromatic carbocycles. The Bertz CT molecular complexity index is 1170. The highest BCUT2D eigenvalue weighted by atomic mass is 19.1. The molecule has 0 unspecified atom stereocenters. The van der Waals surface area contributed by atoms with Gasteiger partial charge in [-0.05, 0) is 29.8 Å². The van der Waals surface area contributed by atoms with E-state index < -0.39 is 40.7 Å². The van der Waals surface area contributed by atoms with Crippen LogP contribution in [-0.2, 0) is 16.0 Å². The maximum absolute atomic E-state index is 13.9. The molecule has 0 bridgehead atoms. The fraction of sp³-hybridized carbons (Fsp3) is 0.190. The molecular formula is C21H17F2NO6. The summed E-state index contributed by atoms with van der Waals surface area (Å²) < 4.78 is 42.0. The van der Waals surface area contributed by atoms with Gasteiger partial charge in [-0.1, -0.05) is 0 Å². The minimum atomic E-state index is -1.24. The Labute approximate surface area is 169 Å². The Kier molecular flexibility index (Phi) is 6.10.